The van der Waals surface area contributed by atoms with Gasteiger partial charge in [0.15, 0.2) is 0 Å². The molecule has 0 saturated heterocycles. The minimum absolute atomic E-state index is 0.0515. The van der Waals surface area contributed by atoms with Crippen molar-refractivity contribution in [3.05, 3.63) is 22.4 Å². The first-order valence-electron chi connectivity index (χ1n) is 6.12. The van der Waals surface area contributed by atoms with E-state index < -0.39 is 16.2 Å². The lowest BCUT2D eigenvalue weighted by atomic mass is 9.92. The van der Waals surface area contributed by atoms with Crippen molar-refractivity contribution < 1.29 is 18.3 Å². The van der Waals surface area contributed by atoms with E-state index in [0.717, 1.165) is 9.18 Å². The van der Waals surface area contributed by atoms with Gasteiger partial charge in [0.25, 0.3) is 10.2 Å². The highest BCUT2D eigenvalue weighted by Gasteiger charge is 2.26. The molecule has 0 atom stereocenters. The van der Waals surface area contributed by atoms with Crippen LogP contribution in [0.4, 0.5) is 0 Å². The standard InChI is InChI=1S/C12H20N2O4S2/c1-12(2,10-5-4-8-19-10)9-13-20(17,18)14(3)7-6-11(15)16/h4-5,8,13H,6-7,9H2,1-3H3,(H,15,16). The Balaban J connectivity index is 2.61. The van der Waals surface area contributed by atoms with Crippen molar-refractivity contribution in [2.24, 2.45) is 0 Å². The van der Waals surface area contributed by atoms with E-state index in [9.17, 15) is 13.2 Å². The van der Waals surface area contributed by atoms with Gasteiger partial charge < -0.3 is 5.11 Å². The Kier molecular flexibility index (Phi) is 5.69. The van der Waals surface area contributed by atoms with Crippen LogP contribution in [0.1, 0.15) is 25.1 Å². The molecule has 1 aromatic rings. The zero-order valence-corrected chi connectivity index (χ0v) is 13.4. The number of rotatable bonds is 8. The molecule has 0 spiro atoms. The smallest absolute Gasteiger partial charge is 0.304 e. The number of hydrogen-bond donors (Lipinski definition) is 2. The zero-order chi connectivity index (χ0) is 15.4. The first kappa shape index (κ1) is 17.1. The third-order valence-corrected chi connectivity index (χ3v) is 5.68. The van der Waals surface area contributed by atoms with E-state index in [-0.39, 0.29) is 24.9 Å². The van der Waals surface area contributed by atoms with Crippen molar-refractivity contribution in [3.8, 4) is 0 Å². The fraction of sp³-hybridized carbons (Fsp3) is 0.583. The van der Waals surface area contributed by atoms with Crippen LogP contribution in [0.25, 0.3) is 0 Å². The summed E-state index contributed by atoms with van der Waals surface area (Å²) in [6.07, 6.45) is -0.217. The highest BCUT2D eigenvalue weighted by Crippen LogP contribution is 2.26. The van der Waals surface area contributed by atoms with E-state index in [1.165, 1.54) is 7.05 Å². The van der Waals surface area contributed by atoms with Crippen LogP contribution in [-0.2, 0) is 20.4 Å². The van der Waals surface area contributed by atoms with Gasteiger partial charge in [-0.05, 0) is 11.4 Å². The normalized spacial score (nSPS) is 12.8. The van der Waals surface area contributed by atoms with Crippen molar-refractivity contribution in [1.29, 1.82) is 0 Å². The van der Waals surface area contributed by atoms with Gasteiger partial charge >= 0.3 is 5.97 Å². The van der Waals surface area contributed by atoms with Crippen LogP contribution in [0.3, 0.4) is 0 Å². The number of thiophene rings is 1. The maximum absolute atomic E-state index is 12.0. The molecule has 0 fully saturated rings. The molecule has 20 heavy (non-hydrogen) atoms. The first-order chi connectivity index (χ1) is 9.15. The van der Waals surface area contributed by atoms with Gasteiger partial charge in [-0.15, -0.1) is 11.3 Å². The van der Waals surface area contributed by atoms with E-state index in [4.69, 9.17) is 5.11 Å². The maximum Gasteiger partial charge on any atom is 0.304 e. The fourth-order valence-corrected chi connectivity index (χ4v) is 3.45. The minimum atomic E-state index is -3.66. The monoisotopic (exact) mass is 320 g/mol. The predicted molar refractivity (Wildman–Crippen MR) is 79.2 cm³/mol. The Labute approximate surface area is 123 Å². The molecule has 114 valence electrons. The molecule has 0 amide bonds. The van der Waals surface area contributed by atoms with Gasteiger partial charge in [0.05, 0.1) is 6.42 Å². The average molecular weight is 320 g/mol. The SMILES string of the molecule is CN(CCC(=O)O)S(=O)(=O)NCC(C)(C)c1cccs1. The van der Waals surface area contributed by atoms with E-state index in [1.807, 2.05) is 31.4 Å². The Bertz CT molecular complexity index is 538. The summed E-state index contributed by atoms with van der Waals surface area (Å²) in [5.74, 6) is -1.02. The predicted octanol–water partition coefficient (Wildman–Crippen LogP) is 1.27. The summed E-state index contributed by atoms with van der Waals surface area (Å²) in [5.41, 5.74) is -0.311. The second-order valence-electron chi connectivity index (χ2n) is 5.15. The maximum atomic E-state index is 12.0. The van der Waals surface area contributed by atoms with Gasteiger partial charge in [-0.1, -0.05) is 19.9 Å². The molecule has 0 aliphatic rings. The van der Waals surface area contributed by atoms with Gasteiger partial charge in [0.1, 0.15) is 0 Å². The second-order valence-corrected chi connectivity index (χ2v) is 7.96. The van der Waals surface area contributed by atoms with Gasteiger partial charge in [-0.25, -0.2) is 4.72 Å². The Hall–Kier alpha value is -0.960. The summed E-state index contributed by atoms with van der Waals surface area (Å²) >= 11 is 1.58. The van der Waals surface area contributed by atoms with Crippen LogP contribution in [0.2, 0.25) is 0 Å². The van der Waals surface area contributed by atoms with Crippen LogP contribution < -0.4 is 4.72 Å². The molecule has 2 N–H and O–H groups in total. The molecular weight excluding hydrogens is 300 g/mol. The molecule has 6 nitrogen and oxygen atoms in total. The number of aliphatic carboxylic acids is 1. The van der Waals surface area contributed by atoms with Crippen molar-refractivity contribution in [1.82, 2.24) is 9.03 Å². The number of hydrogen-bond acceptors (Lipinski definition) is 4. The van der Waals surface area contributed by atoms with E-state index >= 15 is 0 Å². The van der Waals surface area contributed by atoms with Crippen molar-refractivity contribution in [2.45, 2.75) is 25.7 Å². The molecule has 1 rings (SSSR count). The first-order valence-corrected chi connectivity index (χ1v) is 8.44. The average Bonchev–Trinajstić information content (AvgIpc) is 2.88. The van der Waals surface area contributed by atoms with Crippen LogP contribution in [0.15, 0.2) is 17.5 Å². The molecule has 0 unspecified atom stereocenters. The van der Waals surface area contributed by atoms with Crippen molar-refractivity contribution in [2.75, 3.05) is 20.1 Å². The highest BCUT2D eigenvalue weighted by atomic mass is 32.2. The van der Waals surface area contributed by atoms with Gasteiger partial charge in [0, 0.05) is 30.4 Å². The fourth-order valence-electron chi connectivity index (χ4n) is 1.51. The molecular formula is C12H20N2O4S2. The van der Waals surface area contributed by atoms with Crippen molar-refractivity contribution in [3.63, 3.8) is 0 Å². The number of nitrogens with one attached hydrogen (secondary N) is 1. The van der Waals surface area contributed by atoms with Crippen molar-refractivity contribution >= 4 is 27.5 Å². The van der Waals surface area contributed by atoms with Crippen LogP contribution >= 0.6 is 11.3 Å². The van der Waals surface area contributed by atoms with Crippen LogP contribution in [0.5, 0.6) is 0 Å². The number of nitrogens with zero attached hydrogens (tertiary/aromatic N) is 1. The zero-order valence-electron chi connectivity index (χ0n) is 11.8. The molecule has 0 saturated carbocycles. The third-order valence-electron chi connectivity index (χ3n) is 2.94. The molecule has 0 bridgehead atoms. The van der Waals surface area contributed by atoms with E-state index in [0.29, 0.717) is 0 Å². The lowest BCUT2D eigenvalue weighted by molar-refractivity contribution is -0.137. The quantitative estimate of drug-likeness (QED) is 0.755. The Morgan fingerprint density at radius 3 is 2.65 bits per heavy atom. The Morgan fingerprint density at radius 1 is 1.50 bits per heavy atom. The summed E-state index contributed by atoms with van der Waals surface area (Å²) in [6.45, 7) is 4.12. The summed E-state index contributed by atoms with van der Waals surface area (Å²) in [6, 6.07) is 3.89. The lowest BCUT2D eigenvalue weighted by Gasteiger charge is -2.25. The lowest BCUT2D eigenvalue weighted by Crippen LogP contribution is -2.44. The largest absolute Gasteiger partial charge is 0.481 e. The van der Waals surface area contributed by atoms with E-state index in [2.05, 4.69) is 4.72 Å². The van der Waals surface area contributed by atoms with Crippen LogP contribution in [-0.4, -0.2) is 43.9 Å². The topological polar surface area (TPSA) is 86.7 Å². The van der Waals surface area contributed by atoms with Gasteiger partial charge in [-0.3, -0.25) is 4.79 Å². The number of carboxylic acids is 1. The number of carbonyl (C=O) groups is 1. The molecule has 1 heterocycles. The molecule has 0 radical (unpaired) electrons. The summed E-state index contributed by atoms with van der Waals surface area (Å²) in [5, 5.41) is 10.5. The summed E-state index contributed by atoms with van der Waals surface area (Å²) in [4.78, 5) is 11.6. The van der Waals surface area contributed by atoms with Gasteiger partial charge in [-0.2, -0.15) is 12.7 Å². The molecule has 8 heteroatoms. The highest BCUT2D eigenvalue weighted by molar-refractivity contribution is 7.87. The summed E-state index contributed by atoms with van der Waals surface area (Å²) < 4.78 is 27.5. The summed E-state index contributed by atoms with van der Waals surface area (Å²) in [7, 11) is -2.29. The molecule has 1 aromatic heterocycles. The molecule has 0 aliphatic carbocycles. The second kappa shape index (κ2) is 6.66. The number of carboxylic acid groups (broad SMARTS) is 1. The Morgan fingerprint density at radius 2 is 2.15 bits per heavy atom. The third kappa shape index (κ3) is 4.86. The van der Waals surface area contributed by atoms with Crippen LogP contribution in [0, 0.1) is 0 Å². The minimum Gasteiger partial charge on any atom is -0.481 e. The van der Waals surface area contributed by atoms with E-state index in [1.54, 1.807) is 11.3 Å². The molecule has 0 aromatic carbocycles. The molecule has 0 aliphatic heterocycles. The van der Waals surface area contributed by atoms with Gasteiger partial charge in [0.2, 0.25) is 0 Å².